The number of nitrogens with one attached hydrogen (secondary N) is 1. The average Bonchev–Trinajstić information content (AvgIpc) is 2.26. The van der Waals surface area contributed by atoms with E-state index in [0.717, 1.165) is 0 Å². The third-order valence-corrected chi connectivity index (χ3v) is 4.45. The lowest BCUT2D eigenvalue weighted by Crippen LogP contribution is -2.29. The maximum absolute atomic E-state index is 11.7. The highest BCUT2D eigenvalue weighted by Crippen LogP contribution is 2.08. The lowest BCUT2D eigenvalue weighted by atomic mass is 10.3. The van der Waals surface area contributed by atoms with Crippen LogP contribution in [0.5, 0.6) is 0 Å². The highest BCUT2D eigenvalue weighted by molar-refractivity contribution is 7.92. The van der Waals surface area contributed by atoms with E-state index in [-0.39, 0.29) is 24.5 Å². The van der Waals surface area contributed by atoms with Crippen LogP contribution in [0.3, 0.4) is 0 Å². The Morgan fingerprint density at radius 2 is 1.94 bits per heavy atom. The van der Waals surface area contributed by atoms with Crippen LogP contribution in [0.15, 0.2) is 0 Å². The molecule has 0 rings (SSSR count). The molecule has 0 aromatic carbocycles. The van der Waals surface area contributed by atoms with Crippen LogP contribution in [0.25, 0.3) is 0 Å². The number of hydrogen-bond acceptors (Lipinski definition) is 5. The summed E-state index contributed by atoms with van der Waals surface area (Å²) in [6.45, 7) is 3.66. The second kappa shape index (κ2) is 7.26. The zero-order chi connectivity index (χ0) is 13.5. The monoisotopic (exact) mass is 265 g/mol. The molecule has 1 atom stereocenters. The fraction of sp³-hybridized carbons (Fsp3) is 0.800. The molecule has 17 heavy (non-hydrogen) atoms. The van der Waals surface area contributed by atoms with E-state index < -0.39 is 21.1 Å². The summed E-state index contributed by atoms with van der Waals surface area (Å²) in [6.07, 6.45) is -0.268. The maximum atomic E-state index is 11.7. The summed E-state index contributed by atoms with van der Waals surface area (Å²) in [6, 6.07) is 0. The molecule has 0 saturated carbocycles. The van der Waals surface area contributed by atoms with Crippen LogP contribution in [-0.4, -0.2) is 45.0 Å². The third-order valence-electron chi connectivity index (χ3n) is 2.28. The van der Waals surface area contributed by atoms with Gasteiger partial charge in [-0.1, -0.05) is 0 Å². The summed E-state index contributed by atoms with van der Waals surface area (Å²) < 4.78 is 27.8. The first kappa shape index (κ1) is 15.9. The van der Waals surface area contributed by atoms with Gasteiger partial charge in [-0.2, -0.15) is 0 Å². The van der Waals surface area contributed by atoms with Crippen molar-refractivity contribution in [2.45, 2.75) is 31.9 Å². The molecule has 1 amide bonds. The fourth-order valence-electron chi connectivity index (χ4n) is 1.17. The summed E-state index contributed by atoms with van der Waals surface area (Å²) in [5, 5.41) is 1.68. The lowest BCUT2D eigenvalue weighted by molar-refractivity contribution is -0.140. The van der Waals surface area contributed by atoms with Gasteiger partial charge in [0.2, 0.25) is 5.91 Å². The molecule has 0 aliphatic heterocycles. The molecule has 0 aromatic rings. The van der Waals surface area contributed by atoms with Gasteiger partial charge in [0.1, 0.15) is 0 Å². The summed E-state index contributed by atoms with van der Waals surface area (Å²) in [7, 11) is -2.24. The predicted molar refractivity (Wildman–Crippen MR) is 63.2 cm³/mol. The van der Waals surface area contributed by atoms with Crippen molar-refractivity contribution in [3.63, 3.8) is 0 Å². The molecule has 0 heterocycles. The number of hydrogen-bond donors (Lipinski definition) is 1. The van der Waals surface area contributed by atoms with E-state index in [1.54, 1.807) is 6.92 Å². The van der Waals surface area contributed by atoms with Crippen molar-refractivity contribution >= 4 is 21.7 Å². The Balaban J connectivity index is 4.28. The Kier molecular flexibility index (Phi) is 6.79. The first-order valence-corrected chi connectivity index (χ1v) is 7.10. The fourth-order valence-corrected chi connectivity index (χ4v) is 2.43. The summed E-state index contributed by atoms with van der Waals surface area (Å²) >= 11 is 0. The molecule has 7 heteroatoms. The smallest absolute Gasteiger partial charge is 0.306 e. The zero-order valence-electron chi connectivity index (χ0n) is 10.4. The molecule has 0 radical (unpaired) electrons. The molecule has 0 aliphatic carbocycles. The zero-order valence-corrected chi connectivity index (χ0v) is 11.2. The number of sulfone groups is 1. The molecule has 0 saturated heterocycles. The molecule has 0 spiro atoms. The van der Waals surface area contributed by atoms with Gasteiger partial charge in [-0.05, 0) is 13.8 Å². The molecule has 1 unspecified atom stereocenters. The van der Waals surface area contributed by atoms with E-state index in [0.29, 0.717) is 6.54 Å². The Labute approximate surface area is 102 Å². The SMILES string of the molecule is CCNC(=O)CCS(=O)(=O)C(C)CC(=O)OC. The van der Waals surface area contributed by atoms with E-state index in [1.807, 2.05) is 0 Å². The van der Waals surface area contributed by atoms with Crippen LogP contribution in [0.1, 0.15) is 26.7 Å². The van der Waals surface area contributed by atoms with Gasteiger partial charge in [0.05, 0.1) is 24.5 Å². The van der Waals surface area contributed by atoms with Gasteiger partial charge >= 0.3 is 5.97 Å². The van der Waals surface area contributed by atoms with Gasteiger partial charge in [0.15, 0.2) is 9.84 Å². The summed E-state index contributed by atoms with van der Waals surface area (Å²) in [4.78, 5) is 22.1. The summed E-state index contributed by atoms with van der Waals surface area (Å²) in [5.74, 6) is -1.13. The van der Waals surface area contributed by atoms with Crippen molar-refractivity contribution in [2.75, 3.05) is 19.4 Å². The van der Waals surface area contributed by atoms with Crippen LogP contribution >= 0.6 is 0 Å². The number of methoxy groups -OCH3 is 1. The van der Waals surface area contributed by atoms with Crippen LogP contribution in [0.4, 0.5) is 0 Å². The molecule has 0 bridgehead atoms. The van der Waals surface area contributed by atoms with E-state index in [4.69, 9.17) is 0 Å². The third kappa shape index (κ3) is 6.25. The number of carbonyl (C=O) groups is 2. The van der Waals surface area contributed by atoms with Crippen molar-refractivity contribution in [3.05, 3.63) is 0 Å². The van der Waals surface area contributed by atoms with E-state index in [9.17, 15) is 18.0 Å². The first-order valence-electron chi connectivity index (χ1n) is 5.38. The normalized spacial score (nSPS) is 12.9. The largest absolute Gasteiger partial charge is 0.469 e. The standard InChI is InChI=1S/C10H19NO5S/c1-4-11-9(12)5-6-17(14,15)8(2)7-10(13)16-3/h8H,4-7H2,1-3H3,(H,11,12). The Bertz CT molecular complexity index is 363. The topological polar surface area (TPSA) is 89.5 Å². The predicted octanol–water partition coefficient (Wildman–Crippen LogP) is -0.121. The minimum absolute atomic E-state index is 0.0817. The molecular weight excluding hydrogens is 246 g/mol. The highest BCUT2D eigenvalue weighted by atomic mass is 32.2. The molecule has 0 aliphatic rings. The lowest BCUT2D eigenvalue weighted by Gasteiger charge is -2.11. The molecule has 0 aromatic heterocycles. The van der Waals surface area contributed by atoms with Crippen LogP contribution in [-0.2, 0) is 24.2 Å². The number of ether oxygens (including phenoxy) is 1. The van der Waals surface area contributed by atoms with Crippen LogP contribution in [0, 0.1) is 0 Å². The molecule has 0 fully saturated rings. The number of carbonyl (C=O) groups excluding carboxylic acids is 2. The van der Waals surface area contributed by atoms with Gasteiger partial charge in [0, 0.05) is 13.0 Å². The minimum atomic E-state index is -3.44. The minimum Gasteiger partial charge on any atom is -0.469 e. The van der Waals surface area contributed by atoms with Gasteiger partial charge < -0.3 is 10.1 Å². The first-order chi connectivity index (χ1) is 7.83. The second-order valence-electron chi connectivity index (χ2n) is 3.66. The van der Waals surface area contributed by atoms with Crippen molar-refractivity contribution < 1.29 is 22.7 Å². The van der Waals surface area contributed by atoms with E-state index in [1.165, 1.54) is 14.0 Å². The van der Waals surface area contributed by atoms with Gasteiger partial charge in [-0.3, -0.25) is 9.59 Å². The molecule has 100 valence electrons. The van der Waals surface area contributed by atoms with E-state index >= 15 is 0 Å². The summed E-state index contributed by atoms with van der Waals surface area (Å²) in [5.41, 5.74) is 0. The van der Waals surface area contributed by atoms with E-state index in [2.05, 4.69) is 10.1 Å². The Morgan fingerprint density at radius 1 is 1.35 bits per heavy atom. The molecule has 6 nitrogen and oxygen atoms in total. The Morgan fingerprint density at radius 3 is 2.41 bits per heavy atom. The molecular formula is C10H19NO5S. The van der Waals surface area contributed by atoms with Gasteiger partial charge in [0.25, 0.3) is 0 Å². The average molecular weight is 265 g/mol. The van der Waals surface area contributed by atoms with Crippen LogP contribution < -0.4 is 5.32 Å². The molecule has 1 N–H and O–H groups in total. The van der Waals surface area contributed by atoms with Crippen molar-refractivity contribution in [2.24, 2.45) is 0 Å². The van der Waals surface area contributed by atoms with Crippen LogP contribution in [0.2, 0.25) is 0 Å². The quantitative estimate of drug-likeness (QED) is 0.648. The number of rotatable bonds is 7. The van der Waals surface area contributed by atoms with Gasteiger partial charge in [-0.25, -0.2) is 8.42 Å². The second-order valence-corrected chi connectivity index (χ2v) is 6.20. The number of amides is 1. The van der Waals surface area contributed by atoms with Gasteiger partial charge in [-0.15, -0.1) is 0 Å². The Hall–Kier alpha value is -1.11. The van der Waals surface area contributed by atoms with Crippen molar-refractivity contribution in [1.29, 1.82) is 0 Å². The van der Waals surface area contributed by atoms with Crippen molar-refractivity contribution in [3.8, 4) is 0 Å². The van der Waals surface area contributed by atoms with Crippen molar-refractivity contribution in [1.82, 2.24) is 5.32 Å². The number of esters is 1. The highest BCUT2D eigenvalue weighted by Gasteiger charge is 2.24. The maximum Gasteiger partial charge on any atom is 0.306 e.